The molecule has 0 fully saturated rings. The van der Waals surface area contributed by atoms with E-state index in [9.17, 15) is 4.79 Å². The first-order valence-electron chi connectivity index (χ1n) is 9.35. The first-order chi connectivity index (χ1) is 14.6. The maximum atomic E-state index is 12.3. The molecule has 0 aliphatic heterocycles. The fourth-order valence-corrected chi connectivity index (χ4v) is 4.49. The Morgan fingerprint density at radius 2 is 1.97 bits per heavy atom. The summed E-state index contributed by atoms with van der Waals surface area (Å²) in [7, 11) is 0. The number of hydrogen-bond acceptors (Lipinski definition) is 7. The second-order valence-corrected chi connectivity index (χ2v) is 8.71. The molecular weight excluding hydrogens is 416 g/mol. The van der Waals surface area contributed by atoms with Gasteiger partial charge in [-0.2, -0.15) is 4.68 Å². The van der Waals surface area contributed by atoms with Crippen molar-refractivity contribution in [2.75, 3.05) is 5.32 Å². The molecule has 4 aromatic rings. The van der Waals surface area contributed by atoms with Crippen molar-refractivity contribution in [1.82, 2.24) is 25.2 Å². The highest BCUT2D eigenvalue weighted by molar-refractivity contribution is 7.98. The third-order valence-electron chi connectivity index (χ3n) is 4.28. The summed E-state index contributed by atoms with van der Waals surface area (Å²) in [5.41, 5.74) is 4.92. The number of benzene rings is 2. The van der Waals surface area contributed by atoms with E-state index in [2.05, 4.69) is 25.8 Å². The number of tetrazole rings is 1. The van der Waals surface area contributed by atoms with Crippen LogP contribution in [-0.4, -0.2) is 31.1 Å². The molecule has 4 rings (SSSR count). The fourth-order valence-electron chi connectivity index (χ4n) is 2.81. The molecule has 30 heavy (non-hydrogen) atoms. The van der Waals surface area contributed by atoms with Crippen LogP contribution in [0.2, 0.25) is 0 Å². The van der Waals surface area contributed by atoms with E-state index >= 15 is 0 Å². The molecule has 2 aromatic heterocycles. The minimum Gasteiger partial charge on any atom is -0.326 e. The number of amides is 1. The molecule has 0 radical (unpaired) electrons. The summed E-state index contributed by atoms with van der Waals surface area (Å²) in [6, 6.07) is 15.8. The molecule has 0 saturated carbocycles. The Kier molecular flexibility index (Phi) is 6.20. The van der Waals surface area contributed by atoms with Gasteiger partial charge in [0.05, 0.1) is 17.8 Å². The smallest absolute Gasteiger partial charge is 0.231 e. The molecule has 0 atom stereocenters. The molecule has 152 valence electrons. The van der Waals surface area contributed by atoms with Crippen molar-refractivity contribution in [3.63, 3.8) is 0 Å². The number of carbonyl (C=O) groups excluding carboxylic acids is 1. The van der Waals surface area contributed by atoms with E-state index < -0.39 is 0 Å². The topological polar surface area (TPSA) is 85.6 Å². The van der Waals surface area contributed by atoms with Gasteiger partial charge in [0, 0.05) is 16.8 Å². The van der Waals surface area contributed by atoms with Crippen molar-refractivity contribution in [3.8, 4) is 5.69 Å². The quantitative estimate of drug-likeness (QED) is 0.437. The molecule has 2 aromatic carbocycles. The van der Waals surface area contributed by atoms with Crippen LogP contribution < -0.4 is 5.32 Å². The van der Waals surface area contributed by atoms with Crippen molar-refractivity contribution < 1.29 is 4.79 Å². The predicted octanol–water partition coefficient (Wildman–Crippen LogP) is 4.21. The summed E-state index contributed by atoms with van der Waals surface area (Å²) in [6.45, 7) is 4.05. The van der Waals surface area contributed by atoms with Crippen LogP contribution in [0.25, 0.3) is 5.69 Å². The second-order valence-electron chi connectivity index (χ2n) is 6.82. The maximum absolute atomic E-state index is 12.3. The van der Waals surface area contributed by atoms with Gasteiger partial charge in [0.25, 0.3) is 0 Å². The van der Waals surface area contributed by atoms with E-state index in [0.717, 1.165) is 33.2 Å². The van der Waals surface area contributed by atoms with Crippen molar-refractivity contribution in [2.45, 2.75) is 31.2 Å². The summed E-state index contributed by atoms with van der Waals surface area (Å²) < 4.78 is 1.72. The average molecular weight is 437 g/mol. The van der Waals surface area contributed by atoms with Crippen LogP contribution in [0, 0.1) is 13.8 Å². The Morgan fingerprint density at radius 3 is 2.77 bits per heavy atom. The van der Waals surface area contributed by atoms with Gasteiger partial charge >= 0.3 is 0 Å². The molecule has 0 aliphatic carbocycles. The number of aryl methyl sites for hydroxylation is 2. The van der Waals surface area contributed by atoms with Crippen LogP contribution in [0.3, 0.4) is 0 Å². The van der Waals surface area contributed by atoms with Crippen molar-refractivity contribution >= 4 is 34.7 Å². The first kappa shape index (κ1) is 20.2. The van der Waals surface area contributed by atoms with Gasteiger partial charge in [-0.15, -0.1) is 16.4 Å². The largest absolute Gasteiger partial charge is 0.326 e. The number of carbonyl (C=O) groups is 1. The van der Waals surface area contributed by atoms with E-state index in [1.807, 2.05) is 67.8 Å². The maximum Gasteiger partial charge on any atom is 0.231 e. The molecule has 1 N–H and O–H groups in total. The van der Waals surface area contributed by atoms with E-state index in [4.69, 9.17) is 0 Å². The van der Waals surface area contributed by atoms with Crippen LogP contribution >= 0.6 is 23.1 Å². The monoisotopic (exact) mass is 436 g/mol. The van der Waals surface area contributed by atoms with Gasteiger partial charge in [-0.1, -0.05) is 41.6 Å². The van der Waals surface area contributed by atoms with Crippen LogP contribution in [0.5, 0.6) is 0 Å². The Morgan fingerprint density at radius 1 is 1.13 bits per heavy atom. The van der Waals surface area contributed by atoms with Gasteiger partial charge in [0.15, 0.2) is 0 Å². The molecule has 1 amide bonds. The van der Waals surface area contributed by atoms with Crippen LogP contribution in [0.1, 0.15) is 21.8 Å². The highest BCUT2D eigenvalue weighted by Gasteiger charge is 2.12. The third kappa shape index (κ3) is 5.11. The minimum atomic E-state index is -0.0733. The second kappa shape index (κ2) is 9.19. The number of rotatable bonds is 7. The number of nitrogens with one attached hydrogen (secondary N) is 1. The zero-order valence-electron chi connectivity index (χ0n) is 16.6. The van der Waals surface area contributed by atoms with Crippen molar-refractivity contribution in [1.29, 1.82) is 0 Å². The SMILES string of the molecule is Cc1ccc(NC(=O)Cc2nc(CSc3nnnn3-c3cccc(C)c3)cs2)cc1. The number of nitrogens with zero attached hydrogens (tertiary/aromatic N) is 5. The highest BCUT2D eigenvalue weighted by atomic mass is 32.2. The molecule has 9 heteroatoms. The standard InChI is InChI=1S/C21H20N6OS2/c1-14-6-8-16(9-7-14)22-19(28)11-20-23-17(12-29-20)13-30-21-24-25-26-27(21)18-5-3-4-15(2)10-18/h3-10,12H,11,13H2,1-2H3,(H,22,28). The Balaban J connectivity index is 1.35. The van der Waals surface area contributed by atoms with E-state index in [1.54, 1.807) is 4.68 Å². The molecule has 7 nitrogen and oxygen atoms in total. The van der Waals surface area contributed by atoms with Gasteiger partial charge in [-0.25, -0.2) is 4.98 Å². The van der Waals surface area contributed by atoms with Gasteiger partial charge < -0.3 is 5.32 Å². The lowest BCUT2D eigenvalue weighted by Crippen LogP contribution is -2.14. The zero-order chi connectivity index (χ0) is 20.9. The first-order valence-corrected chi connectivity index (χ1v) is 11.2. The average Bonchev–Trinajstić information content (AvgIpc) is 3.37. The molecule has 0 bridgehead atoms. The van der Waals surface area contributed by atoms with Gasteiger partial charge in [-0.05, 0) is 54.1 Å². The zero-order valence-corrected chi connectivity index (χ0v) is 18.2. The Hall–Kier alpha value is -3.04. The summed E-state index contributed by atoms with van der Waals surface area (Å²) in [5, 5.41) is 18.4. The Bertz CT molecular complexity index is 1150. The molecular formula is C21H20N6OS2. The number of aromatic nitrogens is 5. The van der Waals surface area contributed by atoms with E-state index in [0.29, 0.717) is 10.9 Å². The molecule has 2 heterocycles. The summed E-state index contributed by atoms with van der Waals surface area (Å²) in [5.74, 6) is 0.554. The number of hydrogen-bond donors (Lipinski definition) is 1. The molecule has 0 unspecified atom stereocenters. The molecule has 0 aliphatic rings. The predicted molar refractivity (Wildman–Crippen MR) is 119 cm³/mol. The van der Waals surface area contributed by atoms with E-state index in [1.165, 1.54) is 23.1 Å². The van der Waals surface area contributed by atoms with Crippen LogP contribution in [0.15, 0.2) is 59.1 Å². The number of thiazole rings is 1. The van der Waals surface area contributed by atoms with Crippen molar-refractivity contribution in [3.05, 3.63) is 75.7 Å². The van der Waals surface area contributed by atoms with Gasteiger partial charge in [0.1, 0.15) is 5.01 Å². The molecule has 0 saturated heterocycles. The normalized spacial score (nSPS) is 10.9. The lowest BCUT2D eigenvalue weighted by Gasteiger charge is -2.04. The van der Waals surface area contributed by atoms with Crippen molar-refractivity contribution in [2.24, 2.45) is 0 Å². The summed E-state index contributed by atoms with van der Waals surface area (Å²) in [6.07, 6.45) is 0.254. The van der Waals surface area contributed by atoms with Crippen LogP contribution in [0.4, 0.5) is 5.69 Å². The Labute approximate surface area is 182 Å². The third-order valence-corrected chi connectivity index (χ3v) is 6.13. The van der Waals surface area contributed by atoms with Gasteiger partial charge in [0.2, 0.25) is 11.1 Å². The van der Waals surface area contributed by atoms with Crippen LogP contribution in [-0.2, 0) is 17.0 Å². The van der Waals surface area contributed by atoms with Gasteiger partial charge in [-0.3, -0.25) is 4.79 Å². The highest BCUT2D eigenvalue weighted by Crippen LogP contribution is 2.24. The lowest BCUT2D eigenvalue weighted by atomic mass is 10.2. The minimum absolute atomic E-state index is 0.0733. The summed E-state index contributed by atoms with van der Waals surface area (Å²) >= 11 is 3.00. The number of thioether (sulfide) groups is 1. The lowest BCUT2D eigenvalue weighted by molar-refractivity contribution is -0.115. The summed E-state index contributed by atoms with van der Waals surface area (Å²) in [4.78, 5) is 16.9. The fraction of sp³-hybridized carbons (Fsp3) is 0.190. The van der Waals surface area contributed by atoms with E-state index in [-0.39, 0.29) is 12.3 Å². The number of anilines is 1. The molecule has 0 spiro atoms.